The average molecular weight is 536 g/mol. The van der Waals surface area contributed by atoms with Crippen molar-refractivity contribution in [1.29, 1.82) is 5.41 Å². The Kier molecular flexibility index (Phi) is 9.62. The smallest absolute Gasteiger partial charge is 0.308 e. The Bertz CT molecular complexity index is 1140. The third-order valence-electron chi connectivity index (χ3n) is 5.85. The molecule has 2 rings (SSSR count). The standard InChI is InChI=1S/C23H33N7O8/c1-11(28-21(37)15(24)7-13-5-6-30(10-13)22(25)26)19(35)27-12(2)20(36)29-23(38,9-18(33)34)14-3-4-16(31)17(32)8-14/h3-5,8,11-12,15,31-32,38H,6-7,9-10,24H2,1-2H3,(H3,25,26)(H,27,35)(H,28,37)(H,29,36)(H,33,34). The number of amides is 3. The normalized spacial score (nSPS) is 16.8. The van der Waals surface area contributed by atoms with E-state index < -0.39 is 65.5 Å². The Morgan fingerprint density at radius 2 is 1.68 bits per heavy atom. The van der Waals surface area contributed by atoms with Gasteiger partial charge in [-0.05, 0) is 32.4 Å². The summed E-state index contributed by atoms with van der Waals surface area (Å²) < 4.78 is 0. The molecule has 1 aromatic carbocycles. The second-order valence-electron chi connectivity index (χ2n) is 9.02. The number of phenols is 2. The zero-order valence-corrected chi connectivity index (χ0v) is 20.9. The van der Waals surface area contributed by atoms with Crippen LogP contribution in [0.3, 0.4) is 0 Å². The summed E-state index contributed by atoms with van der Waals surface area (Å²) in [6.07, 6.45) is 1.02. The van der Waals surface area contributed by atoms with E-state index in [-0.39, 0.29) is 17.9 Å². The molecule has 0 fully saturated rings. The van der Waals surface area contributed by atoms with Crippen LogP contribution in [-0.4, -0.2) is 86.2 Å². The lowest BCUT2D eigenvalue weighted by Gasteiger charge is -2.30. The molecule has 208 valence electrons. The van der Waals surface area contributed by atoms with E-state index in [1.165, 1.54) is 13.8 Å². The Balaban J connectivity index is 1.96. The van der Waals surface area contributed by atoms with Crippen LogP contribution in [0.2, 0.25) is 0 Å². The van der Waals surface area contributed by atoms with Gasteiger partial charge < -0.3 is 52.7 Å². The van der Waals surface area contributed by atoms with Crippen LogP contribution in [0.15, 0.2) is 29.8 Å². The van der Waals surface area contributed by atoms with Gasteiger partial charge in [-0.3, -0.25) is 24.6 Å². The van der Waals surface area contributed by atoms with Crippen molar-refractivity contribution in [1.82, 2.24) is 20.9 Å². The molecule has 0 bridgehead atoms. The van der Waals surface area contributed by atoms with E-state index >= 15 is 0 Å². The summed E-state index contributed by atoms with van der Waals surface area (Å²) in [5.41, 5.74) is 9.50. The number of benzene rings is 1. The Morgan fingerprint density at radius 1 is 1.08 bits per heavy atom. The van der Waals surface area contributed by atoms with Crippen LogP contribution >= 0.6 is 0 Å². The van der Waals surface area contributed by atoms with Gasteiger partial charge in [0, 0.05) is 18.7 Å². The van der Waals surface area contributed by atoms with Crippen molar-refractivity contribution in [2.24, 2.45) is 11.5 Å². The lowest BCUT2D eigenvalue weighted by molar-refractivity contribution is -0.148. The van der Waals surface area contributed by atoms with Gasteiger partial charge in [-0.25, -0.2) is 0 Å². The number of hydrogen-bond donors (Lipinski definition) is 10. The van der Waals surface area contributed by atoms with Gasteiger partial charge in [-0.1, -0.05) is 17.7 Å². The molecule has 0 spiro atoms. The van der Waals surface area contributed by atoms with Gasteiger partial charge in [-0.2, -0.15) is 0 Å². The molecular formula is C23H33N7O8. The summed E-state index contributed by atoms with van der Waals surface area (Å²) in [4.78, 5) is 50.6. The number of nitrogens with one attached hydrogen (secondary N) is 4. The number of rotatable bonds is 11. The highest BCUT2D eigenvalue weighted by Gasteiger charge is 2.36. The number of nitrogens with two attached hydrogens (primary N) is 2. The summed E-state index contributed by atoms with van der Waals surface area (Å²) in [6, 6.07) is -0.336. The van der Waals surface area contributed by atoms with Crippen LogP contribution in [0, 0.1) is 5.41 Å². The average Bonchev–Trinajstić information content (AvgIpc) is 3.28. The molecule has 38 heavy (non-hydrogen) atoms. The van der Waals surface area contributed by atoms with Gasteiger partial charge in [0.05, 0.1) is 12.5 Å². The van der Waals surface area contributed by atoms with Crippen LogP contribution < -0.4 is 27.4 Å². The van der Waals surface area contributed by atoms with Crippen molar-refractivity contribution >= 4 is 29.7 Å². The van der Waals surface area contributed by atoms with E-state index in [2.05, 4.69) is 16.0 Å². The number of carbonyl (C=O) groups excluding carboxylic acids is 3. The fourth-order valence-corrected chi connectivity index (χ4v) is 3.64. The van der Waals surface area contributed by atoms with E-state index in [1.54, 1.807) is 4.90 Å². The van der Waals surface area contributed by atoms with E-state index in [1.807, 2.05) is 6.08 Å². The number of hydrogen-bond acceptors (Lipinski definition) is 9. The van der Waals surface area contributed by atoms with Crippen LogP contribution in [0.4, 0.5) is 0 Å². The van der Waals surface area contributed by atoms with Gasteiger partial charge in [0.1, 0.15) is 12.1 Å². The zero-order chi connectivity index (χ0) is 28.8. The fourth-order valence-electron chi connectivity index (χ4n) is 3.64. The van der Waals surface area contributed by atoms with E-state index in [9.17, 15) is 39.6 Å². The first-order valence-corrected chi connectivity index (χ1v) is 11.5. The highest BCUT2D eigenvalue weighted by atomic mass is 16.4. The lowest BCUT2D eigenvalue weighted by atomic mass is 9.98. The number of carboxylic acids is 1. The lowest BCUT2D eigenvalue weighted by Crippen LogP contribution is -2.57. The topological polar surface area (TPSA) is 264 Å². The minimum Gasteiger partial charge on any atom is -0.504 e. The van der Waals surface area contributed by atoms with Gasteiger partial charge in [0.25, 0.3) is 0 Å². The molecule has 15 nitrogen and oxygen atoms in total. The molecule has 1 aromatic rings. The molecule has 0 saturated heterocycles. The van der Waals surface area contributed by atoms with Crippen molar-refractivity contribution < 1.29 is 39.6 Å². The molecule has 0 aliphatic carbocycles. The number of aliphatic carboxylic acids is 1. The van der Waals surface area contributed by atoms with Crippen LogP contribution in [0.1, 0.15) is 32.3 Å². The maximum absolute atomic E-state index is 12.7. The second kappa shape index (κ2) is 12.2. The van der Waals surface area contributed by atoms with Crippen molar-refractivity contribution in [3.05, 3.63) is 35.4 Å². The predicted octanol–water partition coefficient (Wildman–Crippen LogP) is -2.30. The molecule has 15 heteroatoms. The number of nitrogens with zero attached hydrogens (tertiary/aromatic N) is 1. The number of carbonyl (C=O) groups is 4. The highest BCUT2D eigenvalue weighted by molar-refractivity contribution is 5.93. The molecule has 12 N–H and O–H groups in total. The summed E-state index contributed by atoms with van der Waals surface area (Å²) in [5.74, 6) is -5.08. The number of aliphatic hydroxyl groups is 1. The second-order valence-corrected chi connectivity index (χ2v) is 9.02. The quantitative estimate of drug-likeness (QED) is 0.0473. The molecule has 0 aromatic heterocycles. The molecule has 4 unspecified atom stereocenters. The molecule has 1 aliphatic heterocycles. The van der Waals surface area contributed by atoms with Crippen molar-refractivity contribution in [2.45, 2.75) is 50.5 Å². The first-order valence-electron chi connectivity index (χ1n) is 11.5. The fraction of sp³-hybridized carbons (Fsp3) is 0.435. The van der Waals surface area contributed by atoms with Crippen LogP contribution in [-0.2, 0) is 24.9 Å². The molecule has 0 saturated carbocycles. The number of phenolic OH excluding ortho intramolecular Hbond substituents is 2. The summed E-state index contributed by atoms with van der Waals surface area (Å²) in [6.45, 7) is 3.46. The number of carboxylic acid groups (broad SMARTS) is 1. The third-order valence-corrected chi connectivity index (χ3v) is 5.85. The van der Waals surface area contributed by atoms with E-state index in [0.29, 0.717) is 13.1 Å². The van der Waals surface area contributed by atoms with E-state index in [0.717, 1.165) is 23.8 Å². The maximum Gasteiger partial charge on any atom is 0.308 e. The minimum atomic E-state index is -2.48. The maximum atomic E-state index is 12.7. The Labute approximate surface area is 218 Å². The first-order chi connectivity index (χ1) is 17.6. The number of guanidine groups is 1. The SMILES string of the molecule is CC(NC(=O)C(N)CC1=CCN(C(=N)N)C1)C(=O)NC(C)C(=O)NC(O)(CC(=O)O)c1ccc(O)c(O)c1. The Morgan fingerprint density at radius 3 is 2.24 bits per heavy atom. The molecule has 1 heterocycles. The Hall–Kier alpha value is -4.37. The van der Waals surface area contributed by atoms with Crippen LogP contribution in [0.25, 0.3) is 0 Å². The van der Waals surface area contributed by atoms with Gasteiger partial charge in [0.2, 0.25) is 17.7 Å². The summed E-state index contributed by atoms with van der Waals surface area (Å²) >= 11 is 0. The predicted molar refractivity (Wildman–Crippen MR) is 133 cm³/mol. The van der Waals surface area contributed by atoms with Gasteiger partial charge >= 0.3 is 5.97 Å². The first kappa shape index (κ1) is 29.9. The molecule has 3 amide bonds. The number of aromatic hydroxyl groups is 2. The summed E-state index contributed by atoms with van der Waals surface area (Å²) in [7, 11) is 0. The van der Waals surface area contributed by atoms with Crippen LogP contribution in [0.5, 0.6) is 11.5 Å². The third kappa shape index (κ3) is 7.81. The minimum absolute atomic E-state index is 0.0969. The largest absolute Gasteiger partial charge is 0.504 e. The molecule has 0 radical (unpaired) electrons. The van der Waals surface area contributed by atoms with Crippen molar-refractivity contribution in [3.8, 4) is 11.5 Å². The molecule has 1 aliphatic rings. The van der Waals surface area contributed by atoms with E-state index in [4.69, 9.17) is 16.9 Å². The van der Waals surface area contributed by atoms with Crippen molar-refractivity contribution in [3.63, 3.8) is 0 Å². The highest BCUT2D eigenvalue weighted by Crippen LogP contribution is 2.31. The van der Waals surface area contributed by atoms with Crippen molar-refractivity contribution in [2.75, 3.05) is 13.1 Å². The summed E-state index contributed by atoms with van der Waals surface area (Å²) in [5, 5.41) is 53.6. The molecule has 4 atom stereocenters. The monoisotopic (exact) mass is 535 g/mol. The zero-order valence-electron chi connectivity index (χ0n) is 20.9. The molecular weight excluding hydrogens is 502 g/mol. The van der Waals surface area contributed by atoms with Gasteiger partial charge in [-0.15, -0.1) is 0 Å². The van der Waals surface area contributed by atoms with Gasteiger partial charge in [0.15, 0.2) is 23.2 Å².